The van der Waals surface area contributed by atoms with E-state index in [1.165, 1.54) is 11.8 Å². The van der Waals surface area contributed by atoms with Gasteiger partial charge in [-0.3, -0.25) is 9.63 Å². The van der Waals surface area contributed by atoms with E-state index in [2.05, 4.69) is 10.8 Å². The van der Waals surface area contributed by atoms with Gasteiger partial charge in [-0.05, 0) is 49.6 Å². The molecule has 4 rings (SSSR count). The summed E-state index contributed by atoms with van der Waals surface area (Å²) in [5.74, 6) is 0.286. The quantitative estimate of drug-likeness (QED) is 0.284. The van der Waals surface area contributed by atoms with Gasteiger partial charge in [0.25, 0.3) is 5.91 Å². The molecule has 2 amide bonds. The van der Waals surface area contributed by atoms with E-state index in [-0.39, 0.29) is 0 Å². The Hall–Kier alpha value is -3.33. The third-order valence-electron chi connectivity index (χ3n) is 6.34. The van der Waals surface area contributed by atoms with E-state index in [1.54, 1.807) is 20.8 Å². The van der Waals surface area contributed by atoms with Gasteiger partial charge in [0.2, 0.25) is 0 Å². The zero-order valence-electron chi connectivity index (χ0n) is 21.8. The van der Waals surface area contributed by atoms with Gasteiger partial charge in [0.1, 0.15) is 17.2 Å². The van der Waals surface area contributed by atoms with Gasteiger partial charge in [0, 0.05) is 5.75 Å². The highest BCUT2D eigenvalue weighted by Gasteiger charge is 2.47. The molecular formula is C30H34N2O5S. The number of aliphatic hydroxyl groups is 1. The lowest BCUT2D eigenvalue weighted by molar-refractivity contribution is -0.151. The normalized spacial score (nSPS) is 18.4. The number of rotatable bonds is 8. The Labute approximate surface area is 227 Å². The lowest BCUT2D eigenvalue weighted by Crippen LogP contribution is -2.61. The van der Waals surface area contributed by atoms with Gasteiger partial charge in [-0.15, -0.1) is 0 Å². The molecule has 1 saturated heterocycles. The molecule has 3 aromatic rings. The van der Waals surface area contributed by atoms with Gasteiger partial charge in [-0.2, -0.15) is 11.8 Å². The number of nitrogens with one attached hydrogen (secondary N) is 2. The topological polar surface area (TPSA) is 96.9 Å². The van der Waals surface area contributed by atoms with Crippen molar-refractivity contribution in [2.75, 3.05) is 11.5 Å². The fraction of sp³-hybridized carbons (Fsp3) is 0.333. The van der Waals surface area contributed by atoms with E-state index in [9.17, 15) is 14.7 Å². The van der Waals surface area contributed by atoms with Gasteiger partial charge in [-0.1, -0.05) is 91.0 Å². The van der Waals surface area contributed by atoms with Crippen LogP contribution in [0.25, 0.3) is 0 Å². The summed E-state index contributed by atoms with van der Waals surface area (Å²) >= 11 is 1.52. The second-order valence-electron chi connectivity index (χ2n) is 10.3. The molecule has 7 nitrogen and oxygen atoms in total. The Balaban J connectivity index is 1.71. The van der Waals surface area contributed by atoms with Crippen LogP contribution >= 0.6 is 11.8 Å². The summed E-state index contributed by atoms with van der Waals surface area (Å²) in [6.45, 7) is 5.20. The van der Waals surface area contributed by atoms with Crippen LogP contribution in [0.3, 0.4) is 0 Å². The number of carbonyl (C=O) groups is 2. The first-order valence-electron chi connectivity index (χ1n) is 12.6. The fourth-order valence-corrected chi connectivity index (χ4v) is 5.85. The molecule has 0 spiro atoms. The average molecular weight is 535 g/mol. The third-order valence-corrected chi connectivity index (χ3v) is 7.53. The van der Waals surface area contributed by atoms with Gasteiger partial charge >= 0.3 is 6.09 Å². The van der Waals surface area contributed by atoms with Gasteiger partial charge < -0.3 is 15.2 Å². The third kappa shape index (κ3) is 6.20. The first kappa shape index (κ1) is 27.7. The van der Waals surface area contributed by atoms with Crippen LogP contribution in [0.5, 0.6) is 0 Å². The van der Waals surface area contributed by atoms with Crippen LogP contribution in [0.1, 0.15) is 43.9 Å². The minimum atomic E-state index is -1.45. The molecule has 3 aromatic carbocycles. The van der Waals surface area contributed by atoms with Crippen LogP contribution in [-0.2, 0) is 20.0 Å². The van der Waals surface area contributed by atoms with E-state index in [4.69, 9.17) is 9.57 Å². The maximum atomic E-state index is 13.7. The second-order valence-corrected chi connectivity index (χ2v) is 11.4. The summed E-state index contributed by atoms with van der Waals surface area (Å²) < 4.78 is 5.39. The molecule has 0 aromatic heterocycles. The van der Waals surface area contributed by atoms with E-state index in [0.717, 1.165) is 16.7 Å². The van der Waals surface area contributed by atoms with E-state index < -0.39 is 34.8 Å². The van der Waals surface area contributed by atoms with Crippen molar-refractivity contribution in [2.24, 2.45) is 0 Å². The van der Waals surface area contributed by atoms with Crippen molar-refractivity contribution < 1.29 is 24.3 Å². The molecule has 1 aliphatic heterocycles. The molecule has 0 radical (unpaired) electrons. The molecule has 1 fully saturated rings. The molecule has 1 aliphatic rings. The monoisotopic (exact) mass is 534 g/mol. The standard InChI is InChI=1S/C30H34N2O5S/c1-28(2,3)36-27(34)31-25(29(35)19-20-38-21-29)26(33)32-37-30(22-13-7-4-8-14-22,23-15-9-5-10-16-23)24-17-11-6-12-18-24/h4-18,25,35H,19-21H2,1-3H3,(H,31,34)(H,32,33). The van der Waals surface area contributed by atoms with Crippen LogP contribution in [0.2, 0.25) is 0 Å². The van der Waals surface area contributed by atoms with Crippen molar-refractivity contribution >= 4 is 23.8 Å². The number of carbonyl (C=O) groups excluding carboxylic acids is 2. The highest BCUT2D eigenvalue weighted by molar-refractivity contribution is 7.99. The van der Waals surface area contributed by atoms with Crippen molar-refractivity contribution in [3.63, 3.8) is 0 Å². The fourth-order valence-electron chi connectivity index (χ4n) is 4.55. The number of hydrogen-bond donors (Lipinski definition) is 3. The van der Waals surface area contributed by atoms with Crippen molar-refractivity contribution in [3.8, 4) is 0 Å². The van der Waals surface area contributed by atoms with Crippen molar-refractivity contribution in [3.05, 3.63) is 108 Å². The maximum Gasteiger partial charge on any atom is 0.408 e. The zero-order valence-corrected chi connectivity index (χ0v) is 22.7. The highest BCUT2D eigenvalue weighted by atomic mass is 32.2. The first-order valence-corrected chi connectivity index (χ1v) is 13.7. The van der Waals surface area contributed by atoms with E-state index in [1.807, 2.05) is 91.0 Å². The molecule has 1 heterocycles. The number of thioether (sulfide) groups is 1. The summed E-state index contributed by atoms with van der Waals surface area (Å²) in [5, 5.41) is 13.9. The van der Waals surface area contributed by atoms with Crippen molar-refractivity contribution in [1.82, 2.24) is 10.8 Å². The first-order chi connectivity index (χ1) is 18.1. The molecule has 0 aliphatic carbocycles. The number of amides is 2. The van der Waals surface area contributed by atoms with Crippen molar-refractivity contribution in [1.29, 1.82) is 0 Å². The number of benzene rings is 3. The molecule has 2 unspecified atom stereocenters. The molecular weight excluding hydrogens is 500 g/mol. The molecule has 0 bridgehead atoms. The summed E-state index contributed by atoms with van der Waals surface area (Å²) in [6.07, 6.45) is -0.448. The predicted molar refractivity (Wildman–Crippen MR) is 148 cm³/mol. The van der Waals surface area contributed by atoms with Crippen molar-refractivity contribution in [2.45, 2.75) is 50.0 Å². The molecule has 3 N–H and O–H groups in total. The molecule has 0 saturated carbocycles. The van der Waals surface area contributed by atoms with Gasteiger partial charge in [0.05, 0.1) is 0 Å². The lowest BCUT2D eigenvalue weighted by atomic mass is 9.80. The summed E-state index contributed by atoms with van der Waals surface area (Å²) in [5.41, 5.74) is 1.57. The molecule has 200 valence electrons. The summed E-state index contributed by atoms with van der Waals surface area (Å²) in [4.78, 5) is 32.8. The Bertz CT molecular complexity index is 1110. The van der Waals surface area contributed by atoms with Crippen LogP contribution in [0, 0.1) is 0 Å². The van der Waals surface area contributed by atoms with Crippen LogP contribution in [-0.4, -0.2) is 45.9 Å². The number of ether oxygens (including phenoxy) is 1. The van der Waals surface area contributed by atoms with E-state index in [0.29, 0.717) is 17.9 Å². The minimum absolute atomic E-state index is 0.294. The largest absolute Gasteiger partial charge is 0.444 e. The smallest absolute Gasteiger partial charge is 0.408 e. The number of alkyl carbamates (subject to hydrolysis) is 1. The number of hydroxylamine groups is 1. The Morgan fingerprint density at radius 3 is 1.74 bits per heavy atom. The second kappa shape index (κ2) is 11.6. The summed E-state index contributed by atoms with van der Waals surface area (Å²) in [7, 11) is 0. The molecule has 38 heavy (non-hydrogen) atoms. The number of hydrogen-bond acceptors (Lipinski definition) is 6. The van der Waals surface area contributed by atoms with Crippen LogP contribution in [0.15, 0.2) is 91.0 Å². The Morgan fingerprint density at radius 1 is 0.868 bits per heavy atom. The molecule has 2 atom stereocenters. The molecule has 8 heteroatoms. The highest BCUT2D eigenvalue weighted by Crippen LogP contribution is 2.40. The SMILES string of the molecule is CC(C)(C)OC(=O)NC(C(=O)NOC(c1ccccc1)(c1ccccc1)c1ccccc1)C1(O)CCSC1. The van der Waals surface area contributed by atoms with Gasteiger partial charge in [0.15, 0.2) is 5.60 Å². The lowest BCUT2D eigenvalue weighted by Gasteiger charge is -2.37. The van der Waals surface area contributed by atoms with Crippen LogP contribution in [0.4, 0.5) is 4.79 Å². The predicted octanol–water partition coefficient (Wildman–Crippen LogP) is 4.79. The summed E-state index contributed by atoms with van der Waals surface area (Å²) in [6, 6.07) is 27.5. The maximum absolute atomic E-state index is 13.7. The van der Waals surface area contributed by atoms with E-state index >= 15 is 0 Å². The van der Waals surface area contributed by atoms with Crippen LogP contribution < -0.4 is 10.8 Å². The average Bonchev–Trinajstić information content (AvgIpc) is 3.35. The van der Waals surface area contributed by atoms with Gasteiger partial charge in [-0.25, -0.2) is 10.3 Å². The minimum Gasteiger partial charge on any atom is -0.444 e. The Morgan fingerprint density at radius 2 is 1.34 bits per heavy atom. The Kier molecular flexibility index (Phi) is 8.45. The zero-order chi connectivity index (χ0) is 27.2.